The lowest BCUT2D eigenvalue weighted by molar-refractivity contribution is -0.383. The maximum atomic E-state index is 13.5. The molecule has 4 aromatic rings. The number of amides is 2. The van der Waals surface area contributed by atoms with Gasteiger partial charge < -0.3 is 5.32 Å². The largest absolute Gasteiger partial charge is 0.349 e. The molecule has 1 heterocycles. The third kappa shape index (κ3) is 3.30. The van der Waals surface area contributed by atoms with Gasteiger partial charge in [0.15, 0.2) is 0 Å². The molecule has 2 amide bonds. The van der Waals surface area contributed by atoms with Crippen LogP contribution in [0, 0.1) is 17.0 Å². The van der Waals surface area contributed by atoms with Crippen LogP contribution in [0.5, 0.6) is 0 Å². The van der Waals surface area contributed by atoms with Gasteiger partial charge in [-0.25, -0.2) is 4.90 Å². The molecule has 0 aliphatic carbocycles. The average molecular weight is 458 g/mol. The molecule has 0 bridgehead atoms. The first-order chi connectivity index (χ1) is 15.9. The highest BCUT2D eigenvalue weighted by atomic mass is 35.5. The van der Waals surface area contributed by atoms with Gasteiger partial charge in [-0.1, -0.05) is 41.9 Å². The monoisotopic (exact) mass is 457 g/mol. The molecule has 4 aromatic carbocycles. The number of halogens is 1. The molecule has 5 rings (SSSR count). The Balaban J connectivity index is 1.76. The summed E-state index contributed by atoms with van der Waals surface area (Å²) < 4.78 is 0. The average Bonchev–Trinajstić information content (AvgIpc) is 2.80. The number of hydrogen-bond donors (Lipinski definition) is 1. The number of carbonyl (C=O) groups is 2. The van der Waals surface area contributed by atoms with E-state index >= 15 is 0 Å². The van der Waals surface area contributed by atoms with Crippen molar-refractivity contribution < 1.29 is 14.5 Å². The lowest BCUT2D eigenvalue weighted by Gasteiger charge is -2.28. The lowest BCUT2D eigenvalue weighted by atomic mass is 9.91. The second-order valence-corrected chi connectivity index (χ2v) is 8.10. The Labute approximate surface area is 193 Å². The molecular weight excluding hydrogens is 442 g/mol. The number of benzene rings is 4. The van der Waals surface area contributed by atoms with Gasteiger partial charge in [0.25, 0.3) is 17.5 Å². The van der Waals surface area contributed by atoms with Crippen molar-refractivity contribution in [2.45, 2.75) is 6.92 Å². The fraction of sp³-hybridized carbons (Fsp3) is 0.0400. The minimum absolute atomic E-state index is 0.108. The summed E-state index contributed by atoms with van der Waals surface area (Å²) in [5.74, 6) is -1.07. The second-order valence-electron chi connectivity index (χ2n) is 7.67. The Hall–Kier alpha value is -4.23. The number of rotatable bonds is 4. The predicted molar refractivity (Wildman–Crippen MR) is 128 cm³/mol. The topological polar surface area (TPSA) is 92.6 Å². The van der Waals surface area contributed by atoms with Crippen molar-refractivity contribution in [2.24, 2.45) is 0 Å². The van der Waals surface area contributed by atoms with Gasteiger partial charge in [0.1, 0.15) is 5.69 Å². The maximum absolute atomic E-state index is 13.5. The third-order valence-corrected chi connectivity index (χ3v) is 5.93. The number of carbonyl (C=O) groups excluding carboxylic acids is 2. The summed E-state index contributed by atoms with van der Waals surface area (Å²) in [6.45, 7) is 1.80. The zero-order valence-corrected chi connectivity index (χ0v) is 18.1. The quantitative estimate of drug-likeness (QED) is 0.222. The Bertz CT molecular complexity index is 1480. The van der Waals surface area contributed by atoms with Gasteiger partial charge in [0, 0.05) is 33.1 Å². The first kappa shape index (κ1) is 20.7. The van der Waals surface area contributed by atoms with Crippen LogP contribution in [0.3, 0.4) is 0 Å². The minimum atomic E-state index is -0.598. The second kappa shape index (κ2) is 7.72. The van der Waals surface area contributed by atoms with Crippen molar-refractivity contribution in [3.05, 3.63) is 105 Å². The molecule has 0 saturated carbocycles. The summed E-state index contributed by atoms with van der Waals surface area (Å²) in [5, 5.41) is 16.4. The Kier molecular flexibility index (Phi) is 4.83. The van der Waals surface area contributed by atoms with Crippen LogP contribution >= 0.6 is 11.6 Å². The highest BCUT2D eigenvalue weighted by molar-refractivity contribution is 6.37. The van der Waals surface area contributed by atoms with Gasteiger partial charge in [-0.3, -0.25) is 19.7 Å². The zero-order valence-electron chi connectivity index (χ0n) is 17.3. The summed E-state index contributed by atoms with van der Waals surface area (Å²) in [7, 11) is 0. The number of aryl methyl sites for hydroxylation is 1. The van der Waals surface area contributed by atoms with Crippen LogP contribution in [0.2, 0.25) is 5.02 Å². The number of nitro benzene ring substituents is 1. The third-order valence-electron chi connectivity index (χ3n) is 5.67. The van der Waals surface area contributed by atoms with E-state index in [1.165, 1.54) is 6.07 Å². The Morgan fingerprint density at radius 1 is 0.909 bits per heavy atom. The highest BCUT2D eigenvalue weighted by Gasteiger charge is 2.37. The van der Waals surface area contributed by atoms with E-state index in [2.05, 4.69) is 5.32 Å². The zero-order chi connectivity index (χ0) is 23.3. The number of imide groups is 1. The molecule has 1 aliphatic rings. The van der Waals surface area contributed by atoms with E-state index in [1.54, 1.807) is 67.6 Å². The Morgan fingerprint density at radius 2 is 1.61 bits per heavy atom. The molecule has 1 aliphatic heterocycles. The van der Waals surface area contributed by atoms with Crippen LogP contribution in [0.4, 0.5) is 22.7 Å². The van der Waals surface area contributed by atoms with E-state index in [0.29, 0.717) is 32.7 Å². The van der Waals surface area contributed by atoms with Crippen LogP contribution in [0.15, 0.2) is 72.8 Å². The lowest BCUT2D eigenvalue weighted by Crippen LogP contribution is -2.41. The first-order valence-electron chi connectivity index (χ1n) is 10.1. The molecule has 33 heavy (non-hydrogen) atoms. The van der Waals surface area contributed by atoms with Gasteiger partial charge >= 0.3 is 0 Å². The molecule has 0 unspecified atom stereocenters. The smallest absolute Gasteiger partial charge is 0.294 e. The molecule has 0 atom stereocenters. The van der Waals surface area contributed by atoms with E-state index in [-0.39, 0.29) is 16.9 Å². The van der Waals surface area contributed by atoms with Gasteiger partial charge in [-0.05, 0) is 48.9 Å². The first-order valence-corrected chi connectivity index (χ1v) is 10.5. The molecule has 8 heteroatoms. The minimum Gasteiger partial charge on any atom is -0.349 e. The van der Waals surface area contributed by atoms with Gasteiger partial charge in [-0.15, -0.1) is 0 Å². The fourth-order valence-electron chi connectivity index (χ4n) is 4.14. The number of nitrogens with one attached hydrogen (secondary N) is 1. The molecule has 0 aromatic heterocycles. The summed E-state index contributed by atoms with van der Waals surface area (Å²) in [4.78, 5) is 39.5. The summed E-state index contributed by atoms with van der Waals surface area (Å²) in [5.41, 5.74) is 2.12. The van der Waals surface area contributed by atoms with Crippen LogP contribution in [-0.2, 0) is 0 Å². The summed E-state index contributed by atoms with van der Waals surface area (Å²) >= 11 is 5.95. The van der Waals surface area contributed by atoms with Gasteiger partial charge in [0.05, 0.1) is 16.2 Å². The number of hydrogen-bond acceptors (Lipinski definition) is 5. The summed E-state index contributed by atoms with van der Waals surface area (Å²) in [6, 6.07) is 19.9. The van der Waals surface area contributed by atoms with E-state index in [0.717, 1.165) is 10.5 Å². The van der Waals surface area contributed by atoms with Gasteiger partial charge in [0.2, 0.25) is 0 Å². The van der Waals surface area contributed by atoms with Gasteiger partial charge in [-0.2, -0.15) is 0 Å². The van der Waals surface area contributed by atoms with Crippen molar-refractivity contribution in [2.75, 3.05) is 10.2 Å². The molecule has 0 fully saturated rings. The van der Waals surface area contributed by atoms with Crippen molar-refractivity contribution in [3.8, 4) is 0 Å². The Morgan fingerprint density at radius 3 is 2.30 bits per heavy atom. The molecule has 0 spiro atoms. The van der Waals surface area contributed by atoms with Crippen LogP contribution < -0.4 is 10.2 Å². The molecular formula is C25H16ClN3O4. The van der Waals surface area contributed by atoms with E-state index in [1.807, 2.05) is 6.07 Å². The normalized spacial score (nSPS) is 12.8. The number of nitrogens with zero attached hydrogens (tertiary/aromatic N) is 2. The van der Waals surface area contributed by atoms with Crippen molar-refractivity contribution >= 4 is 56.9 Å². The molecule has 0 radical (unpaired) electrons. The molecule has 1 N–H and O–H groups in total. The summed E-state index contributed by atoms with van der Waals surface area (Å²) in [6.07, 6.45) is 0. The number of anilines is 3. The number of nitro groups is 1. The van der Waals surface area contributed by atoms with Crippen molar-refractivity contribution in [1.29, 1.82) is 0 Å². The standard InChI is InChI=1S/C25H16ClN3O4/c1-14-5-2-3-8-20(14)28-24(30)18-7-4-6-17-22(18)19(25(28)31)13-21(29(32)33)23(17)27-16-11-9-15(26)10-12-16/h2-13,27H,1H3. The van der Waals surface area contributed by atoms with E-state index < -0.39 is 16.7 Å². The molecule has 162 valence electrons. The molecule has 0 saturated heterocycles. The number of para-hydroxylation sites is 1. The van der Waals surface area contributed by atoms with Crippen LogP contribution in [-0.4, -0.2) is 16.7 Å². The van der Waals surface area contributed by atoms with Crippen LogP contribution in [0.1, 0.15) is 26.3 Å². The SMILES string of the molecule is Cc1ccccc1N1C(=O)c2cccc3c(Nc4ccc(Cl)cc4)c([N+](=O)[O-])cc(c23)C1=O. The van der Waals surface area contributed by atoms with Crippen LogP contribution in [0.25, 0.3) is 10.8 Å². The van der Waals surface area contributed by atoms with Crippen molar-refractivity contribution in [3.63, 3.8) is 0 Å². The predicted octanol–water partition coefficient (Wildman–Crippen LogP) is 6.25. The molecule has 7 nitrogen and oxygen atoms in total. The maximum Gasteiger partial charge on any atom is 0.294 e. The van der Waals surface area contributed by atoms with Crippen molar-refractivity contribution in [1.82, 2.24) is 0 Å². The fourth-order valence-corrected chi connectivity index (χ4v) is 4.26. The van der Waals surface area contributed by atoms with E-state index in [4.69, 9.17) is 11.6 Å². The van der Waals surface area contributed by atoms with E-state index in [9.17, 15) is 19.7 Å². The highest BCUT2D eigenvalue weighted by Crippen LogP contribution is 2.42.